The maximum atomic E-state index is 11.7. The molecule has 0 aliphatic heterocycles. The Bertz CT molecular complexity index is 761. The first-order chi connectivity index (χ1) is 23.2. The van der Waals surface area contributed by atoms with Gasteiger partial charge in [0.1, 0.15) is 25.1 Å². The second-order valence-electron chi connectivity index (χ2n) is 7.31. The minimum Gasteiger partial charge on any atom is -0.449 e. The number of carbonyl (C=O) groups is 2. The van der Waals surface area contributed by atoms with Crippen LogP contribution in [0.5, 0.6) is 0 Å². The van der Waals surface area contributed by atoms with Crippen molar-refractivity contribution >= 4 is 143 Å². The fourth-order valence-electron chi connectivity index (χ4n) is 2.02. The van der Waals surface area contributed by atoms with E-state index in [0.717, 1.165) is 26.1 Å². The molecule has 0 spiro atoms. The summed E-state index contributed by atoms with van der Waals surface area (Å²) in [4.78, 5) is 51.0. The molecule has 0 radical (unpaired) electrons. The number of hydrogen-bond acceptors (Lipinski definition) is 22. The molecular formula is C23H44N4O10S10. The molecule has 0 aromatic carbocycles. The molecule has 0 aliphatic rings. The van der Waals surface area contributed by atoms with E-state index < -0.39 is 12.2 Å². The third-order valence-corrected chi connectivity index (χ3v) is 14.2. The lowest BCUT2D eigenvalue weighted by molar-refractivity contribution is -0.210. The maximum absolute atomic E-state index is 11.7. The number of thioether (sulfide) groups is 10. The van der Waals surface area contributed by atoms with Gasteiger partial charge in [0.2, 0.25) is 12.8 Å². The lowest BCUT2D eigenvalue weighted by Gasteiger charge is -2.06. The summed E-state index contributed by atoms with van der Waals surface area (Å²) in [6.07, 6.45) is 1.69. The van der Waals surface area contributed by atoms with Gasteiger partial charge in [-0.15, -0.1) is 94.1 Å². The Morgan fingerprint density at radius 2 is 1.06 bits per heavy atom. The lowest BCUT2D eigenvalue weighted by atomic mass is 10.8. The Hall–Kier alpha value is 0.820. The van der Waals surface area contributed by atoms with Crippen LogP contribution in [-0.2, 0) is 29.0 Å². The van der Waals surface area contributed by atoms with Gasteiger partial charge in [-0.05, 0) is 0 Å². The zero-order valence-electron chi connectivity index (χ0n) is 25.7. The van der Waals surface area contributed by atoms with E-state index in [1.807, 2.05) is 0 Å². The van der Waals surface area contributed by atoms with Gasteiger partial charge in [-0.2, -0.15) is 33.3 Å². The molecule has 0 atom stereocenters. The van der Waals surface area contributed by atoms with Gasteiger partial charge in [-0.25, -0.2) is 19.6 Å². The number of alkyl carbamates (subject to hydrolysis) is 2. The molecule has 0 rings (SSSR count). The van der Waals surface area contributed by atoms with E-state index in [-0.39, 0.29) is 19.2 Å². The quantitative estimate of drug-likeness (QED) is 0.0160. The van der Waals surface area contributed by atoms with Crippen molar-refractivity contribution in [2.45, 2.75) is 0 Å². The monoisotopic (exact) mass is 856 g/mol. The molecule has 0 unspecified atom stereocenters. The average Bonchev–Trinajstić information content (AvgIpc) is 3.07. The maximum Gasteiger partial charge on any atom is 0.408 e. The number of aliphatic imine (C=N–C) groups is 2. The number of carbonyl (C=O) groups excluding carboxylic acids is 2. The van der Waals surface area contributed by atoms with E-state index in [4.69, 9.17) is 39.2 Å². The number of aliphatic hydroxyl groups excluding tert-OH is 2. The van der Waals surface area contributed by atoms with Crippen molar-refractivity contribution in [3.63, 3.8) is 0 Å². The summed E-state index contributed by atoms with van der Waals surface area (Å²) in [5, 5.41) is 26.8. The highest BCUT2D eigenvalue weighted by Gasteiger charge is 2.02. The van der Waals surface area contributed by atoms with Crippen molar-refractivity contribution in [1.29, 1.82) is 0 Å². The highest BCUT2D eigenvalue weighted by Crippen LogP contribution is 2.18. The fraction of sp³-hybridized carbons (Fsp3) is 0.826. The second kappa shape index (κ2) is 43.0. The van der Waals surface area contributed by atoms with Crippen molar-refractivity contribution in [3.8, 4) is 0 Å². The van der Waals surface area contributed by atoms with E-state index in [1.165, 1.54) is 48.1 Å². The first-order valence-electron chi connectivity index (χ1n) is 13.5. The van der Waals surface area contributed by atoms with Gasteiger partial charge < -0.3 is 40.1 Å². The summed E-state index contributed by atoms with van der Waals surface area (Å²) >= 11 is 16.0. The molecule has 0 saturated carbocycles. The number of ether oxygens (including phenoxy) is 2. The molecule has 0 aliphatic carbocycles. The van der Waals surface area contributed by atoms with Crippen molar-refractivity contribution in [2.24, 2.45) is 9.98 Å². The topological polar surface area (TPSA) is 179 Å². The Morgan fingerprint density at radius 1 is 0.553 bits per heavy atom. The standard InChI is InChI=1S/C23H44N4O10S10/c28-1-5-38-7-3-32-22(30)26-13-42-19-46-18-41-12-25-10-36-37-16-45-21-44-15-33-23(31)27-14-43-20-47-17-40-11-24-9-35-34-4-8-39-6-2-29/h9-10,28-29H,1-8,11-21H2,(H,26,30)(H,27,31)/b24-9+,25-10+. The number of amides is 2. The van der Waals surface area contributed by atoms with Gasteiger partial charge in [0.25, 0.3) is 0 Å². The van der Waals surface area contributed by atoms with Crippen LogP contribution in [0.3, 0.4) is 0 Å². The van der Waals surface area contributed by atoms with Crippen LogP contribution in [0.1, 0.15) is 0 Å². The summed E-state index contributed by atoms with van der Waals surface area (Å²) in [7, 11) is 0. The molecule has 2 amide bonds. The summed E-state index contributed by atoms with van der Waals surface area (Å²) < 4.78 is 10.1. The van der Waals surface area contributed by atoms with Crippen molar-refractivity contribution in [3.05, 3.63) is 0 Å². The number of hydrogen-bond donors (Lipinski definition) is 4. The largest absolute Gasteiger partial charge is 0.449 e. The highest BCUT2D eigenvalue weighted by atomic mass is 32.2. The van der Waals surface area contributed by atoms with Crippen LogP contribution in [0.4, 0.5) is 9.59 Å². The third kappa shape index (κ3) is 42.9. The Morgan fingerprint density at radius 3 is 1.68 bits per heavy atom. The number of nitrogens with zero attached hydrogens (tertiary/aromatic N) is 2. The smallest absolute Gasteiger partial charge is 0.408 e. The van der Waals surface area contributed by atoms with Crippen LogP contribution in [-0.4, -0.2) is 145 Å². The Balaban J connectivity index is 3.27. The number of rotatable bonds is 36. The first-order valence-corrected chi connectivity index (χ1v) is 25.1. The van der Waals surface area contributed by atoms with E-state index in [0.29, 0.717) is 65.0 Å². The Kier molecular flexibility index (Phi) is 43.7. The minimum atomic E-state index is -0.445. The van der Waals surface area contributed by atoms with Crippen LogP contribution >= 0.6 is 118 Å². The van der Waals surface area contributed by atoms with E-state index in [1.54, 1.807) is 82.3 Å². The average molecular weight is 857 g/mol. The predicted molar refractivity (Wildman–Crippen MR) is 213 cm³/mol. The van der Waals surface area contributed by atoms with E-state index in [2.05, 4.69) is 20.6 Å². The molecule has 47 heavy (non-hydrogen) atoms. The van der Waals surface area contributed by atoms with Crippen LogP contribution in [0.2, 0.25) is 0 Å². The first kappa shape index (κ1) is 47.8. The van der Waals surface area contributed by atoms with Gasteiger partial charge in [0.15, 0.2) is 0 Å². The third-order valence-electron chi connectivity index (χ3n) is 3.82. The minimum absolute atomic E-state index is 0.129. The zero-order valence-corrected chi connectivity index (χ0v) is 33.9. The molecule has 4 N–H and O–H groups in total. The number of aliphatic hydroxyl groups is 2. The summed E-state index contributed by atoms with van der Waals surface area (Å²) in [6, 6.07) is 0. The molecule has 14 nitrogen and oxygen atoms in total. The molecule has 0 aromatic rings. The van der Waals surface area contributed by atoms with E-state index >= 15 is 0 Å². The molecule has 0 bridgehead atoms. The second-order valence-corrected chi connectivity index (χ2v) is 19.3. The van der Waals surface area contributed by atoms with Gasteiger partial charge in [-0.3, -0.25) is 0 Å². The fourth-order valence-corrected chi connectivity index (χ4v) is 10.1. The van der Waals surface area contributed by atoms with Gasteiger partial charge in [0, 0.05) is 48.4 Å². The zero-order chi connectivity index (χ0) is 34.1. The molecule has 0 aromatic heterocycles. The molecular weight excluding hydrogens is 813 g/mol. The molecule has 0 fully saturated rings. The Labute approximate surface area is 319 Å². The van der Waals surface area contributed by atoms with Gasteiger partial charge in [-0.1, -0.05) is 0 Å². The van der Waals surface area contributed by atoms with Gasteiger partial charge >= 0.3 is 12.2 Å². The van der Waals surface area contributed by atoms with Crippen molar-refractivity contribution in [1.82, 2.24) is 10.6 Å². The molecule has 0 saturated heterocycles. The molecule has 0 heterocycles. The summed E-state index contributed by atoms with van der Waals surface area (Å²) in [6.45, 7) is 1.07. The highest BCUT2D eigenvalue weighted by molar-refractivity contribution is 8.23. The van der Waals surface area contributed by atoms with Crippen molar-refractivity contribution in [2.75, 3.05) is 110 Å². The number of nitrogens with one attached hydrogen (secondary N) is 2. The van der Waals surface area contributed by atoms with Crippen molar-refractivity contribution < 1.29 is 48.8 Å². The normalized spacial score (nSPS) is 11.3. The van der Waals surface area contributed by atoms with Crippen LogP contribution in [0.15, 0.2) is 9.98 Å². The van der Waals surface area contributed by atoms with E-state index in [9.17, 15) is 9.59 Å². The van der Waals surface area contributed by atoms with Crippen LogP contribution < -0.4 is 10.6 Å². The SMILES string of the molecule is O=C(NCSCSCSC/N=C/OOCSCSCOC(=O)NCSCSCSC/N=C/OOCCSCCO)OCCSCCO. The van der Waals surface area contributed by atoms with Crippen LogP contribution in [0.25, 0.3) is 0 Å². The molecule has 24 heteroatoms. The van der Waals surface area contributed by atoms with Gasteiger partial charge in [0.05, 0.1) is 36.7 Å². The summed E-state index contributed by atoms with van der Waals surface area (Å²) in [5.41, 5.74) is 0. The van der Waals surface area contributed by atoms with Crippen LogP contribution in [0, 0.1) is 0 Å². The predicted octanol–water partition coefficient (Wildman–Crippen LogP) is 5.24. The lowest BCUT2D eigenvalue weighted by Crippen LogP contribution is -2.24. The summed E-state index contributed by atoms with van der Waals surface area (Å²) in [5.74, 6) is 5.43. The molecule has 276 valence electrons.